The number of hydrogen-bond donors (Lipinski definition) is 2. The van der Waals surface area contributed by atoms with Crippen molar-refractivity contribution in [3.05, 3.63) is 57.7 Å². The second kappa shape index (κ2) is 5.11. The Morgan fingerprint density at radius 3 is 2.58 bits per heavy atom. The predicted molar refractivity (Wildman–Crippen MR) is 82.3 cm³/mol. The number of nitrogens with one attached hydrogen (secondary N) is 1. The van der Waals surface area contributed by atoms with Gasteiger partial charge >= 0.3 is 0 Å². The number of benzene rings is 2. The second-order valence-electron chi connectivity index (χ2n) is 4.24. The van der Waals surface area contributed by atoms with Gasteiger partial charge in [-0.15, -0.1) is 11.3 Å². The molecule has 0 aliphatic carbocycles. The van der Waals surface area contributed by atoms with Crippen LogP contribution in [0.3, 0.4) is 0 Å². The van der Waals surface area contributed by atoms with Crippen LogP contribution in [0.2, 0.25) is 4.34 Å². The van der Waals surface area contributed by atoms with Crippen LogP contribution in [-0.4, -0.2) is 5.11 Å². The number of fused-ring (bicyclic) bond motifs is 1. The zero-order chi connectivity index (χ0) is 13.2. The van der Waals surface area contributed by atoms with E-state index in [-0.39, 0.29) is 0 Å². The zero-order valence-corrected chi connectivity index (χ0v) is 11.6. The Morgan fingerprint density at radius 1 is 1.00 bits per heavy atom. The molecule has 0 saturated carbocycles. The summed E-state index contributed by atoms with van der Waals surface area (Å²) in [6, 6.07) is 15.3. The third kappa shape index (κ3) is 2.53. The molecule has 2 N–H and O–H groups in total. The smallest absolute Gasteiger partial charge is 0.123 e. The molecule has 1 aromatic heterocycles. The first-order valence-corrected chi connectivity index (χ1v) is 7.12. The molecule has 0 fully saturated rings. The Kier molecular flexibility index (Phi) is 3.32. The Balaban J connectivity index is 1.91. The highest BCUT2D eigenvalue weighted by molar-refractivity contribution is 7.16. The normalized spacial score (nSPS) is 10.8. The van der Waals surface area contributed by atoms with Crippen LogP contribution in [0.4, 0.5) is 5.69 Å². The number of phenolic OH excluding ortho intramolecular Hbond substituents is 1. The van der Waals surface area contributed by atoms with Gasteiger partial charge in [0, 0.05) is 27.9 Å². The molecule has 0 saturated heterocycles. The van der Waals surface area contributed by atoms with Gasteiger partial charge in [0.25, 0.3) is 0 Å². The number of anilines is 1. The lowest BCUT2D eigenvalue weighted by Gasteiger charge is -2.09. The van der Waals surface area contributed by atoms with E-state index in [1.54, 1.807) is 17.4 Å². The first kappa shape index (κ1) is 12.3. The number of aromatic hydroxyl groups is 1. The first-order valence-electron chi connectivity index (χ1n) is 5.93. The fourth-order valence-electron chi connectivity index (χ4n) is 2.08. The lowest BCUT2D eigenvalue weighted by Crippen LogP contribution is -1.97. The summed E-state index contributed by atoms with van der Waals surface area (Å²) in [5.74, 6) is 0.306. The molecule has 0 bridgehead atoms. The highest BCUT2D eigenvalue weighted by Crippen LogP contribution is 2.30. The Morgan fingerprint density at radius 2 is 1.79 bits per heavy atom. The molecular weight excluding hydrogens is 278 g/mol. The van der Waals surface area contributed by atoms with E-state index in [4.69, 9.17) is 11.6 Å². The minimum atomic E-state index is 0.306. The molecule has 2 nitrogen and oxygen atoms in total. The van der Waals surface area contributed by atoms with Gasteiger partial charge < -0.3 is 10.4 Å². The highest BCUT2D eigenvalue weighted by atomic mass is 35.5. The molecule has 1 heterocycles. The molecule has 3 rings (SSSR count). The van der Waals surface area contributed by atoms with Crippen LogP contribution in [0, 0.1) is 0 Å². The number of phenols is 1. The summed E-state index contributed by atoms with van der Waals surface area (Å²) < 4.78 is 0.798. The number of hydrogen-bond acceptors (Lipinski definition) is 3. The summed E-state index contributed by atoms with van der Waals surface area (Å²) >= 11 is 7.48. The number of thiophene rings is 1. The van der Waals surface area contributed by atoms with Gasteiger partial charge in [-0.25, -0.2) is 0 Å². The van der Waals surface area contributed by atoms with Crippen molar-refractivity contribution in [3.63, 3.8) is 0 Å². The summed E-state index contributed by atoms with van der Waals surface area (Å²) in [7, 11) is 0. The standard InChI is InChI=1S/C15H12ClNOS/c16-15-8-7-10(19-15)9-17-13-5-1-4-12-11(13)3-2-6-14(12)18/h1-8,17-18H,9H2. The fourth-order valence-corrected chi connectivity index (χ4v) is 3.10. The van der Waals surface area contributed by atoms with Crippen LogP contribution in [0.25, 0.3) is 10.8 Å². The molecule has 19 heavy (non-hydrogen) atoms. The third-order valence-electron chi connectivity index (χ3n) is 2.98. The van der Waals surface area contributed by atoms with Gasteiger partial charge in [0.1, 0.15) is 5.75 Å². The Labute approximate surface area is 120 Å². The van der Waals surface area contributed by atoms with Gasteiger partial charge in [0.15, 0.2) is 0 Å². The molecule has 0 aliphatic rings. The van der Waals surface area contributed by atoms with Gasteiger partial charge in [0.05, 0.1) is 4.34 Å². The van der Waals surface area contributed by atoms with E-state index < -0.39 is 0 Å². The highest BCUT2D eigenvalue weighted by Gasteiger charge is 2.04. The average Bonchev–Trinajstić information content (AvgIpc) is 2.83. The van der Waals surface area contributed by atoms with E-state index in [9.17, 15) is 5.11 Å². The maximum Gasteiger partial charge on any atom is 0.123 e. The van der Waals surface area contributed by atoms with Gasteiger partial charge in [-0.1, -0.05) is 35.9 Å². The van der Waals surface area contributed by atoms with Crippen LogP contribution in [-0.2, 0) is 6.54 Å². The van der Waals surface area contributed by atoms with Crippen molar-refractivity contribution in [1.82, 2.24) is 0 Å². The van der Waals surface area contributed by atoms with E-state index in [1.165, 1.54) is 4.88 Å². The SMILES string of the molecule is Oc1cccc2c(NCc3ccc(Cl)s3)cccc12. The van der Waals surface area contributed by atoms with Crippen LogP contribution >= 0.6 is 22.9 Å². The van der Waals surface area contributed by atoms with Crippen molar-refractivity contribution >= 4 is 39.4 Å². The molecule has 0 unspecified atom stereocenters. The van der Waals surface area contributed by atoms with Crippen LogP contribution in [0.5, 0.6) is 5.75 Å². The van der Waals surface area contributed by atoms with Crippen molar-refractivity contribution < 1.29 is 5.11 Å². The van der Waals surface area contributed by atoms with E-state index >= 15 is 0 Å². The summed E-state index contributed by atoms with van der Waals surface area (Å²) in [5.41, 5.74) is 1.01. The van der Waals surface area contributed by atoms with Gasteiger partial charge in [-0.3, -0.25) is 0 Å². The minimum absolute atomic E-state index is 0.306. The topological polar surface area (TPSA) is 32.3 Å². The molecule has 2 aromatic carbocycles. The van der Waals surface area contributed by atoms with E-state index in [2.05, 4.69) is 5.32 Å². The second-order valence-corrected chi connectivity index (χ2v) is 6.04. The largest absolute Gasteiger partial charge is 0.507 e. The van der Waals surface area contributed by atoms with Crippen molar-refractivity contribution in [1.29, 1.82) is 0 Å². The van der Waals surface area contributed by atoms with E-state index in [1.807, 2.05) is 42.5 Å². The maximum absolute atomic E-state index is 9.84. The van der Waals surface area contributed by atoms with Gasteiger partial charge in [-0.05, 0) is 24.3 Å². The Hall–Kier alpha value is -1.71. The van der Waals surface area contributed by atoms with Crippen LogP contribution in [0.1, 0.15) is 4.88 Å². The third-order valence-corrected chi connectivity index (χ3v) is 4.21. The van der Waals surface area contributed by atoms with Crippen molar-refractivity contribution in [2.24, 2.45) is 0 Å². The Bertz CT molecular complexity index is 723. The number of rotatable bonds is 3. The average molecular weight is 290 g/mol. The molecule has 0 amide bonds. The van der Waals surface area contributed by atoms with Crippen LogP contribution < -0.4 is 5.32 Å². The van der Waals surface area contributed by atoms with Crippen molar-refractivity contribution in [2.75, 3.05) is 5.32 Å². The lowest BCUT2D eigenvalue weighted by molar-refractivity contribution is 0.481. The van der Waals surface area contributed by atoms with Gasteiger partial charge in [-0.2, -0.15) is 0 Å². The van der Waals surface area contributed by atoms with E-state index in [0.717, 1.165) is 27.3 Å². The quantitative estimate of drug-likeness (QED) is 0.721. The molecule has 3 aromatic rings. The molecule has 0 atom stereocenters. The summed E-state index contributed by atoms with van der Waals surface area (Å²) in [4.78, 5) is 1.18. The number of halogens is 1. The zero-order valence-electron chi connectivity index (χ0n) is 10.1. The monoisotopic (exact) mass is 289 g/mol. The summed E-state index contributed by atoms with van der Waals surface area (Å²) in [6.45, 7) is 0.728. The molecule has 96 valence electrons. The predicted octanol–water partition coefficient (Wildman–Crippen LogP) is 4.87. The summed E-state index contributed by atoms with van der Waals surface area (Å²) in [5, 5.41) is 15.1. The summed E-state index contributed by atoms with van der Waals surface area (Å²) in [6.07, 6.45) is 0. The fraction of sp³-hybridized carbons (Fsp3) is 0.0667. The van der Waals surface area contributed by atoms with E-state index in [0.29, 0.717) is 5.75 Å². The van der Waals surface area contributed by atoms with Crippen molar-refractivity contribution in [3.8, 4) is 5.75 Å². The van der Waals surface area contributed by atoms with Crippen LogP contribution in [0.15, 0.2) is 48.5 Å². The molecule has 0 aliphatic heterocycles. The lowest BCUT2D eigenvalue weighted by atomic mass is 10.1. The maximum atomic E-state index is 9.84. The minimum Gasteiger partial charge on any atom is -0.507 e. The molecular formula is C15H12ClNOS. The van der Waals surface area contributed by atoms with Crippen molar-refractivity contribution in [2.45, 2.75) is 6.54 Å². The molecule has 4 heteroatoms. The molecule has 0 spiro atoms. The van der Waals surface area contributed by atoms with Gasteiger partial charge in [0.2, 0.25) is 0 Å². The first-order chi connectivity index (χ1) is 9.24. The molecule has 0 radical (unpaired) electrons.